The minimum atomic E-state index is -0.432. The van der Waals surface area contributed by atoms with Crippen LogP contribution >= 0.6 is 0 Å². The number of amides is 1. The van der Waals surface area contributed by atoms with Gasteiger partial charge in [-0.3, -0.25) is 14.5 Å². The standard InChI is InChI=1S/C28H27FN8O/c1-17-15-36(8-9-37(17)28(38)18-4-3-5-18)27-25-22(19-10-20(29)14-31-13-19)6-7-23(26(25)32-16-33-27)24-11-21(12-30)35(2)34-24/h6-7,10-11,13-14,16-18H,3-5,8-9,15H2,1-2H3. The fourth-order valence-corrected chi connectivity index (χ4v) is 5.47. The zero-order valence-corrected chi connectivity index (χ0v) is 21.3. The molecule has 1 unspecified atom stereocenters. The lowest BCUT2D eigenvalue weighted by atomic mass is 9.84. The maximum atomic E-state index is 14.2. The Balaban J connectivity index is 1.47. The van der Waals surface area contributed by atoms with Gasteiger partial charge in [0.1, 0.15) is 29.7 Å². The zero-order chi connectivity index (χ0) is 26.4. The molecule has 1 amide bonds. The van der Waals surface area contributed by atoms with Gasteiger partial charge in [-0.25, -0.2) is 14.4 Å². The molecule has 2 fully saturated rings. The lowest BCUT2D eigenvalue weighted by Crippen LogP contribution is -2.56. The number of hydrogen-bond acceptors (Lipinski definition) is 7. The Labute approximate surface area is 219 Å². The highest BCUT2D eigenvalue weighted by Gasteiger charge is 2.35. The van der Waals surface area contributed by atoms with E-state index in [1.807, 2.05) is 17.0 Å². The molecule has 1 aliphatic heterocycles. The van der Waals surface area contributed by atoms with Gasteiger partial charge in [-0.2, -0.15) is 10.4 Å². The van der Waals surface area contributed by atoms with Crippen LogP contribution in [0.5, 0.6) is 0 Å². The number of nitrogens with zero attached hydrogens (tertiary/aromatic N) is 8. The molecule has 192 valence electrons. The van der Waals surface area contributed by atoms with Gasteiger partial charge in [0.25, 0.3) is 0 Å². The quantitative estimate of drug-likeness (QED) is 0.410. The number of piperazine rings is 1. The molecule has 1 aliphatic carbocycles. The number of aromatic nitrogens is 5. The molecule has 6 rings (SSSR count). The Morgan fingerprint density at radius 3 is 2.63 bits per heavy atom. The van der Waals surface area contributed by atoms with E-state index in [0.29, 0.717) is 42.1 Å². The molecule has 1 atom stereocenters. The van der Waals surface area contributed by atoms with Crippen molar-refractivity contribution in [1.82, 2.24) is 29.6 Å². The number of hydrogen-bond donors (Lipinski definition) is 0. The van der Waals surface area contributed by atoms with E-state index in [2.05, 4.69) is 33.0 Å². The fraction of sp³-hybridized carbons (Fsp3) is 0.357. The van der Waals surface area contributed by atoms with Gasteiger partial charge in [0, 0.05) is 62.0 Å². The number of aryl methyl sites for hydroxylation is 1. The third kappa shape index (κ3) is 4.04. The number of halogens is 1. The van der Waals surface area contributed by atoms with Crippen LogP contribution in [0, 0.1) is 23.1 Å². The van der Waals surface area contributed by atoms with Gasteiger partial charge < -0.3 is 9.80 Å². The Morgan fingerprint density at radius 1 is 1.13 bits per heavy atom. The molecule has 4 aromatic rings. The van der Waals surface area contributed by atoms with Crippen molar-refractivity contribution in [3.8, 4) is 28.5 Å². The molecule has 0 radical (unpaired) electrons. The number of rotatable bonds is 4. The topological polar surface area (TPSA) is 104 Å². The largest absolute Gasteiger partial charge is 0.352 e. The predicted octanol–water partition coefficient (Wildman–Crippen LogP) is 3.94. The van der Waals surface area contributed by atoms with Gasteiger partial charge in [0.15, 0.2) is 0 Å². The van der Waals surface area contributed by atoms with Gasteiger partial charge in [-0.05, 0) is 37.5 Å². The molecule has 1 saturated heterocycles. The van der Waals surface area contributed by atoms with Crippen LogP contribution in [0.4, 0.5) is 10.2 Å². The Kier molecular flexibility index (Phi) is 5.98. The van der Waals surface area contributed by atoms with Crippen LogP contribution in [-0.2, 0) is 11.8 Å². The van der Waals surface area contributed by atoms with Crippen LogP contribution in [-0.4, -0.2) is 61.2 Å². The molecule has 4 heterocycles. The maximum Gasteiger partial charge on any atom is 0.226 e. The average molecular weight is 511 g/mol. The molecule has 0 spiro atoms. The van der Waals surface area contributed by atoms with Crippen molar-refractivity contribution in [2.24, 2.45) is 13.0 Å². The van der Waals surface area contributed by atoms with Crippen molar-refractivity contribution in [2.45, 2.75) is 32.2 Å². The average Bonchev–Trinajstić information content (AvgIpc) is 3.26. The van der Waals surface area contributed by atoms with E-state index in [1.165, 1.54) is 23.3 Å². The summed E-state index contributed by atoms with van der Waals surface area (Å²) in [6.45, 7) is 3.94. The highest BCUT2D eigenvalue weighted by Crippen LogP contribution is 2.39. The summed E-state index contributed by atoms with van der Waals surface area (Å²) in [7, 11) is 1.73. The van der Waals surface area contributed by atoms with E-state index < -0.39 is 5.82 Å². The number of fused-ring (bicyclic) bond motifs is 1. The molecular weight excluding hydrogens is 483 g/mol. The number of nitriles is 1. The summed E-state index contributed by atoms with van der Waals surface area (Å²) in [5, 5.41) is 14.7. The minimum Gasteiger partial charge on any atom is -0.352 e. The third-order valence-corrected chi connectivity index (χ3v) is 7.72. The summed E-state index contributed by atoms with van der Waals surface area (Å²) in [6, 6.07) is 9.15. The van der Waals surface area contributed by atoms with Crippen LogP contribution in [0.3, 0.4) is 0 Å². The van der Waals surface area contributed by atoms with Crippen molar-refractivity contribution >= 4 is 22.6 Å². The fourth-order valence-electron chi connectivity index (χ4n) is 5.47. The second-order valence-corrected chi connectivity index (χ2v) is 10.1. The molecule has 2 aliphatic rings. The van der Waals surface area contributed by atoms with Gasteiger partial charge in [-0.1, -0.05) is 12.5 Å². The third-order valence-electron chi connectivity index (χ3n) is 7.72. The van der Waals surface area contributed by atoms with Gasteiger partial charge in [0.05, 0.1) is 22.8 Å². The number of pyridine rings is 1. The first-order valence-electron chi connectivity index (χ1n) is 12.8. The van der Waals surface area contributed by atoms with E-state index in [9.17, 15) is 14.4 Å². The monoisotopic (exact) mass is 510 g/mol. The first-order valence-corrected chi connectivity index (χ1v) is 12.8. The van der Waals surface area contributed by atoms with Crippen molar-refractivity contribution in [1.29, 1.82) is 5.26 Å². The van der Waals surface area contributed by atoms with Crippen LogP contribution < -0.4 is 4.90 Å². The number of benzene rings is 1. The van der Waals surface area contributed by atoms with Crippen LogP contribution in [0.15, 0.2) is 43.0 Å². The molecule has 1 aromatic carbocycles. The second kappa shape index (κ2) is 9.49. The van der Waals surface area contributed by atoms with Crippen LogP contribution in [0.2, 0.25) is 0 Å². The predicted molar refractivity (Wildman–Crippen MR) is 140 cm³/mol. The lowest BCUT2D eigenvalue weighted by Gasteiger charge is -2.43. The van der Waals surface area contributed by atoms with Crippen LogP contribution in [0.1, 0.15) is 31.9 Å². The van der Waals surface area contributed by atoms with E-state index >= 15 is 0 Å². The van der Waals surface area contributed by atoms with Crippen molar-refractivity contribution in [2.75, 3.05) is 24.5 Å². The number of anilines is 1. The van der Waals surface area contributed by atoms with E-state index in [1.54, 1.807) is 19.3 Å². The molecular formula is C28H27FN8O. The summed E-state index contributed by atoms with van der Waals surface area (Å²) >= 11 is 0. The Bertz CT molecular complexity index is 1590. The first kappa shape index (κ1) is 24.0. The van der Waals surface area contributed by atoms with E-state index in [0.717, 1.165) is 41.6 Å². The highest BCUT2D eigenvalue weighted by molar-refractivity contribution is 6.07. The SMILES string of the molecule is CC1CN(c2ncnc3c(-c4cc(C#N)n(C)n4)ccc(-c4cncc(F)c4)c23)CCN1C(=O)C1CCC1. The summed E-state index contributed by atoms with van der Waals surface area (Å²) in [4.78, 5) is 30.6. The summed E-state index contributed by atoms with van der Waals surface area (Å²) in [6.07, 6.45) is 7.42. The minimum absolute atomic E-state index is 0.0262. The summed E-state index contributed by atoms with van der Waals surface area (Å²) in [5.74, 6) is 0.705. The second-order valence-electron chi connectivity index (χ2n) is 10.1. The molecule has 10 heteroatoms. The molecule has 3 aromatic heterocycles. The molecule has 0 bridgehead atoms. The zero-order valence-electron chi connectivity index (χ0n) is 21.3. The molecule has 0 N–H and O–H groups in total. The van der Waals surface area contributed by atoms with Crippen molar-refractivity contribution < 1.29 is 9.18 Å². The highest BCUT2D eigenvalue weighted by atomic mass is 19.1. The van der Waals surface area contributed by atoms with Crippen LogP contribution in [0.25, 0.3) is 33.3 Å². The maximum absolute atomic E-state index is 14.2. The van der Waals surface area contributed by atoms with Crippen molar-refractivity contribution in [3.63, 3.8) is 0 Å². The van der Waals surface area contributed by atoms with Gasteiger partial charge in [0.2, 0.25) is 5.91 Å². The normalized spacial score (nSPS) is 17.9. The molecule has 9 nitrogen and oxygen atoms in total. The lowest BCUT2D eigenvalue weighted by molar-refractivity contribution is -0.140. The molecule has 1 saturated carbocycles. The number of carbonyl (C=O) groups is 1. The Morgan fingerprint density at radius 2 is 1.95 bits per heavy atom. The molecule has 38 heavy (non-hydrogen) atoms. The van der Waals surface area contributed by atoms with Crippen molar-refractivity contribution in [3.05, 3.63) is 54.5 Å². The van der Waals surface area contributed by atoms with E-state index in [-0.39, 0.29) is 17.9 Å². The number of carbonyl (C=O) groups excluding carboxylic acids is 1. The smallest absolute Gasteiger partial charge is 0.226 e. The first-order chi connectivity index (χ1) is 18.4. The summed E-state index contributed by atoms with van der Waals surface area (Å²) in [5.41, 5.74) is 3.82. The summed E-state index contributed by atoms with van der Waals surface area (Å²) < 4.78 is 15.8. The van der Waals surface area contributed by atoms with Gasteiger partial charge >= 0.3 is 0 Å². The van der Waals surface area contributed by atoms with E-state index in [4.69, 9.17) is 4.98 Å². The van der Waals surface area contributed by atoms with Gasteiger partial charge in [-0.15, -0.1) is 0 Å². The Hall–Kier alpha value is -4.39.